The van der Waals surface area contributed by atoms with Crippen molar-refractivity contribution in [2.75, 3.05) is 25.2 Å². The molecule has 0 aliphatic carbocycles. The number of hydrogen-bond acceptors (Lipinski definition) is 10. The number of hydrogen-bond donors (Lipinski definition) is 2. The summed E-state index contributed by atoms with van der Waals surface area (Å²) in [5.41, 5.74) is 0.456. The summed E-state index contributed by atoms with van der Waals surface area (Å²) in [6.07, 6.45) is 2.88. The fourth-order valence-electron chi connectivity index (χ4n) is 7.21. The molecular formula is C32H41N5O8Si. The van der Waals surface area contributed by atoms with Gasteiger partial charge in [-0.25, -0.2) is 0 Å². The van der Waals surface area contributed by atoms with Gasteiger partial charge in [-0.3, -0.25) is 24.4 Å². The number of methoxy groups -OCH3 is 1. The first-order valence-corrected chi connectivity index (χ1v) is 18.6. The SMILES string of the molecule is COC(=O)CCCCN1C(=O)[C@]2(O[C@H](CCn3cc(C(CO)c4ccccc4)nn3)[C@@H]([Si](C)(C)O)[C@@H]2C)c2cc([N+](=O)[O-])ccc21. The molecule has 2 aliphatic heterocycles. The number of benzene rings is 2. The van der Waals surface area contributed by atoms with E-state index in [0.29, 0.717) is 49.3 Å². The molecule has 0 bridgehead atoms. The maximum atomic E-state index is 14.4. The number of rotatable bonds is 13. The second-order valence-electron chi connectivity index (χ2n) is 12.6. The molecule has 246 valence electrons. The van der Waals surface area contributed by atoms with Gasteiger partial charge in [-0.15, -0.1) is 5.10 Å². The van der Waals surface area contributed by atoms with Crippen LogP contribution in [0.25, 0.3) is 0 Å². The number of nitrogens with zero attached hydrogens (tertiary/aromatic N) is 5. The summed E-state index contributed by atoms with van der Waals surface area (Å²) in [6, 6.07) is 13.9. The summed E-state index contributed by atoms with van der Waals surface area (Å²) in [4.78, 5) is 50.5. The van der Waals surface area contributed by atoms with Gasteiger partial charge in [0.15, 0.2) is 13.9 Å². The van der Waals surface area contributed by atoms with Crippen LogP contribution in [0.5, 0.6) is 0 Å². The van der Waals surface area contributed by atoms with E-state index in [-0.39, 0.29) is 42.1 Å². The molecule has 2 aromatic carbocycles. The molecule has 0 radical (unpaired) electrons. The second kappa shape index (κ2) is 13.4. The molecular weight excluding hydrogens is 610 g/mol. The molecule has 14 heteroatoms. The number of aryl methyl sites for hydroxylation is 1. The molecule has 0 saturated carbocycles. The average Bonchev–Trinajstić information content (AvgIpc) is 3.68. The van der Waals surface area contributed by atoms with Crippen molar-refractivity contribution >= 4 is 31.6 Å². The quantitative estimate of drug-likeness (QED) is 0.0909. The number of carbonyl (C=O) groups is 2. The third-order valence-corrected chi connectivity index (χ3v) is 11.9. The summed E-state index contributed by atoms with van der Waals surface area (Å²) < 4.78 is 13.2. The van der Waals surface area contributed by atoms with Gasteiger partial charge in [0.25, 0.3) is 11.6 Å². The Labute approximate surface area is 268 Å². The van der Waals surface area contributed by atoms with E-state index in [2.05, 4.69) is 10.3 Å². The number of aliphatic hydroxyl groups excluding tert-OH is 1. The molecule has 1 unspecified atom stereocenters. The number of amides is 1. The minimum absolute atomic E-state index is 0.131. The van der Waals surface area contributed by atoms with Crippen LogP contribution in [-0.2, 0) is 31.2 Å². The zero-order valence-corrected chi connectivity index (χ0v) is 27.5. The molecule has 5 atom stereocenters. The number of non-ortho nitro benzene ring substituents is 1. The van der Waals surface area contributed by atoms with Crippen molar-refractivity contribution in [2.24, 2.45) is 5.92 Å². The Morgan fingerprint density at radius 1 is 1.20 bits per heavy atom. The van der Waals surface area contributed by atoms with Crippen molar-refractivity contribution in [3.8, 4) is 0 Å². The van der Waals surface area contributed by atoms with E-state index in [9.17, 15) is 29.6 Å². The van der Waals surface area contributed by atoms with Gasteiger partial charge in [0.1, 0.15) is 0 Å². The Bertz CT molecular complexity index is 1580. The summed E-state index contributed by atoms with van der Waals surface area (Å²) in [7, 11) is -1.63. The molecule has 2 aliphatic rings. The molecule has 13 nitrogen and oxygen atoms in total. The number of esters is 1. The van der Waals surface area contributed by atoms with E-state index in [0.717, 1.165) is 5.56 Å². The first kappa shape index (κ1) is 33.4. The average molecular weight is 652 g/mol. The Hall–Kier alpha value is -3.98. The number of nitro benzene ring substituents is 1. The molecule has 1 amide bonds. The van der Waals surface area contributed by atoms with Crippen LogP contribution < -0.4 is 4.90 Å². The van der Waals surface area contributed by atoms with E-state index in [1.54, 1.807) is 21.8 Å². The highest BCUT2D eigenvalue weighted by atomic mass is 28.4. The van der Waals surface area contributed by atoms with E-state index in [1.807, 2.05) is 50.3 Å². The predicted octanol–water partition coefficient (Wildman–Crippen LogP) is 3.89. The molecule has 1 fully saturated rings. The van der Waals surface area contributed by atoms with Gasteiger partial charge in [0, 0.05) is 54.9 Å². The molecule has 46 heavy (non-hydrogen) atoms. The maximum absolute atomic E-state index is 14.4. The summed E-state index contributed by atoms with van der Waals surface area (Å²) >= 11 is 0. The minimum Gasteiger partial charge on any atom is -0.469 e. The zero-order chi connectivity index (χ0) is 33.2. The Morgan fingerprint density at radius 2 is 1.93 bits per heavy atom. The van der Waals surface area contributed by atoms with Crippen LogP contribution in [0, 0.1) is 16.0 Å². The lowest BCUT2D eigenvalue weighted by atomic mass is 9.82. The predicted molar refractivity (Wildman–Crippen MR) is 170 cm³/mol. The summed E-state index contributed by atoms with van der Waals surface area (Å²) in [6.45, 7) is 6.07. The number of ether oxygens (including phenoxy) is 2. The van der Waals surface area contributed by atoms with Crippen LogP contribution >= 0.6 is 0 Å². The largest absolute Gasteiger partial charge is 0.469 e. The van der Waals surface area contributed by atoms with Crippen LogP contribution in [-0.4, -0.2) is 76.4 Å². The molecule has 1 spiro atoms. The van der Waals surface area contributed by atoms with Crippen LogP contribution in [0.4, 0.5) is 11.4 Å². The van der Waals surface area contributed by atoms with Gasteiger partial charge < -0.3 is 24.3 Å². The maximum Gasteiger partial charge on any atom is 0.305 e. The molecule has 3 heterocycles. The van der Waals surface area contributed by atoms with Gasteiger partial charge in [0.05, 0.1) is 42.0 Å². The third-order valence-electron chi connectivity index (χ3n) is 9.36. The molecule has 3 aromatic rings. The Kier molecular flexibility index (Phi) is 9.72. The van der Waals surface area contributed by atoms with Gasteiger partial charge >= 0.3 is 5.97 Å². The van der Waals surface area contributed by atoms with Crippen molar-refractivity contribution in [3.05, 3.63) is 81.7 Å². The van der Waals surface area contributed by atoms with Gasteiger partial charge in [-0.1, -0.05) is 42.5 Å². The number of aliphatic hydroxyl groups is 1. The third kappa shape index (κ3) is 6.21. The highest BCUT2D eigenvalue weighted by Gasteiger charge is 2.66. The van der Waals surface area contributed by atoms with Gasteiger partial charge in [-0.2, -0.15) is 0 Å². The summed E-state index contributed by atoms with van der Waals surface area (Å²) in [5.74, 6) is -1.48. The lowest BCUT2D eigenvalue weighted by Gasteiger charge is -2.32. The second-order valence-corrected chi connectivity index (χ2v) is 16.6. The summed E-state index contributed by atoms with van der Waals surface area (Å²) in [5, 5.41) is 30.5. The highest BCUT2D eigenvalue weighted by Crippen LogP contribution is 2.60. The van der Waals surface area contributed by atoms with Gasteiger partial charge in [-0.05, 0) is 44.0 Å². The number of carbonyl (C=O) groups excluding carboxylic acids is 2. The Balaban J connectivity index is 1.43. The topological polar surface area (TPSA) is 170 Å². The fraction of sp³-hybridized carbons (Fsp3) is 0.500. The van der Waals surface area contributed by atoms with Gasteiger partial charge in [0.2, 0.25) is 0 Å². The first-order chi connectivity index (χ1) is 21.9. The van der Waals surface area contributed by atoms with E-state index in [1.165, 1.54) is 19.2 Å². The van der Waals surface area contributed by atoms with Crippen LogP contribution in [0.2, 0.25) is 18.6 Å². The van der Waals surface area contributed by atoms with E-state index < -0.39 is 30.9 Å². The number of fused-ring (bicyclic) bond motifs is 2. The van der Waals surface area contributed by atoms with E-state index in [4.69, 9.17) is 9.47 Å². The lowest BCUT2D eigenvalue weighted by molar-refractivity contribution is -0.385. The molecule has 2 N–H and O–H groups in total. The first-order valence-electron chi connectivity index (χ1n) is 15.6. The molecule has 5 rings (SSSR count). The van der Waals surface area contributed by atoms with Crippen molar-refractivity contribution in [3.63, 3.8) is 0 Å². The number of nitro groups is 1. The van der Waals surface area contributed by atoms with Crippen LogP contribution in [0.1, 0.15) is 55.3 Å². The molecule has 1 saturated heterocycles. The van der Waals surface area contributed by atoms with Crippen molar-refractivity contribution in [1.82, 2.24) is 15.0 Å². The van der Waals surface area contributed by atoms with Crippen molar-refractivity contribution in [2.45, 2.75) is 75.4 Å². The lowest BCUT2D eigenvalue weighted by Crippen LogP contribution is -2.46. The molecule has 1 aromatic heterocycles. The highest BCUT2D eigenvalue weighted by molar-refractivity contribution is 6.71. The number of anilines is 1. The number of unbranched alkanes of at least 4 members (excludes halogenated alkanes) is 1. The Morgan fingerprint density at radius 3 is 2.59 bits per heavy atom. The van der Waals surface area contributed by atoms with E-state index >= 15 is 0 Å². The van der Waals surface area contributed by atoms with Crippen molar-refractivity contribution < 1.29 is 33.9 Å². The van der Waals surface area contributed by atoms with Crippen molar-refractivity contribution in [1.29, 1.82) is 0 Å². The minimum atomic E-state index is -2.96. The number of aromatic nitrogens is 3. The zero-order valence-electron chi connectivity index (χ0n) is 26.5. The smallest absolute Gasteiger partial charge is 0.305 e. The standard InChI is InChI=1S/C32H41N5O8Si/c1-21-30(46(3,4)43)28(15-17-35-19-26(33-34-35)24(20-38)22-10-6-5-7-11-22)45-32(21)25-18-23(37(41)42)13-14-27(25)36(31(32)40)16-9-8-12-29(39)44-2/h5-7,10-11,13-14,18-19,21,24,28,30,38,43H,8-9,12,15-17,20H2,1-4H3/t21-,24?,28+,30-,32+/m0/s1. The van der Waals surface area contributed by atoms with Crippen LogP contribution in [0.15, 0.2) is 54.7 Å². The van der Waals surface area contributed by atoms with Crippen LogP contribution in [0.3, 0.4) is 0 Å². The monoisotopic (exact) mass is 651 g/mol. The normalized spacial score (nSPS) is 23.1. The fourth-order valence-corrected chi connectivity index (χ4v) is 9.81.